The average molecular weight is 416 g/mol. The number of carbonyl (C=O) groups excluding carboxylic acids is 2. The van der Waals surface area contributed by atoms with Gasteiger partial charge < -0.3 is 10.1 Å². The quantitative estimate of drug-likeness (QED) is 0.705. The van der Waals surface area contributed by atoms with Crippen LogP contribution in [0.1, 0.15) is 36.8 Å². The molecule has 1 N–H and O–H groups in total. The van der Waals surface area contributed by atoms with E-state index in [1.54, 1.807) is 6.92 Å². The Morgan fingerprint density at radius 2 is 1.96 bits per heavy atom. The number of nitrogens with zero attached hydrogens (tertiary/aromatic N) is 2. The Bertz CT molecular complexity index is 868. The summed E-state index contributed by atoms with van der Waals surface area (Å²) >= 11 is 11.9. The minimum atomic E-state index is -1.17. The summed E-state index contributed by atoms with van der Waals surface area (Å²) in [5.41, 5.74) is 0.447. The highest BCUT2D eigenvalue weighted by Crippen LogP contribution is 2.23. The Balaban J connectivity index is 2.09. The van der Waals surface area contributed by atoms with Gasteiger partial charge in [-0.2, -0.15) is 5.10 Å². The lowest BCUT2D eigenvalue weighted by Crippen LogP contribution is -2.30. The van der Waals surface area contributed by atoms with E-state index in [-0.39, 0.29) is 27.3 Å². The van der Waals surface area contributed by atoms with Crippen LogP contribution in [0.5, 0.6) is 0 Å². The number of hydrogen-bond donors (Lipinski definition) is 1. The normalized spacial score (nSPS) is 12.1. The molecule has 2 aromatic rings. The van der Waals surface area contributed by atoms with Crippen molar-refractivity contribution >= 4 is 40.8 Å². The number of benzene rings is 1. The van der Waals surface area contributed by atoms with Crippen molar-refractivity contribution in [2.45, 2.75) is 40.3 Å². The Hall–Kier alpha value is -2.12. The van der Waals surface area contributed by atoms with Crippen LogP contribution >= 0.6 is 23.2 Å². The van der Waals surface area contributed by atoms with Gasteiger partial charge in [-0.15, -0.1) is 0 Å². The molecule has 0 spiro atoms. The standard InChI is InChI=1S/C18H20Cl2FN3O3/c1-9(2)8-24-16(20)15(10(3)23-24)18(26)27-11(4)17(25)22-14-6-5-12(19)7-13(14)21/h5-7,9,11H,8H2,1-4H3,(H,22,25)/t11-/m1/s1. The Morgan fingerprint density at radius 1 is 1.30 bits per heavy atom. The van der Waals surface area contributed by atoms with E-state index in [2.05, 4.69) is 10.4 Å². The van der Waals surface area contributed by atoms with Crippen molar-refractivity contribution in [3.63, 3.8) is 0 Å². The molecular formula is C18H20Cl2FN3O3. The van der Waals surface area contributed by atoms with E-state index < -0.39 is 23.8 Å². The number of rotatable bonds is 6. The van der Waals surface area contributed by atoms with Crippen LogP contribution in [0.25, 0.3) is 0 Å². The second kappa shape index (κ2) is 8.71. The number of nitrogens with one attached hydrogen (secondary N) is 1. The SMILES string of the molecule is Cc1nn(CC(C)C)c(Cl)c1C(=O)O[C@H](C)C(=O)Nc1ccc(Cl)cc1F. The van der Waals surface area contributed by atoms with Crippen LogP contribution < -0.4 is 5.32 Å². The zero-order valence-electron chi connectivity index (χ0n) is 15.3. The fourth-order valence-corrected chi connectivity index (χ4v) is 2.83. The van der Waals surface area contributed by atoms with Crippen molar-refractivity contribution in [3.8, 4) is 0 Å². The molecule has 0 aliphatic heterocycles. The summed E-state index contributed by atoms with van der Waals surface area (Å²) in [5.74, 6) is -1.87. The molecule has 1 atom stereocenters. The van der Waals surface area contributed by atoms with Crippen LogP contribution in [0.15, 0.2) is 18.2 Å². The molecule has 146 valence electrons. The van der Waals surface area contributed by atoms with Crippen LogP contribution in [0.2, 0.25) is 10.2 Å². The van der Waals surface area contributed by atoms with E-state index >= 15 is 0 Å². The van der Waals surface area contributed by atoms with Gasteiger partial charge >= 0.3 is 5.97 Å². The van der Waals surface area contributed by atoms with Crippen molar-refractivity contribution in [2.75, 3.05) is 5.32 Å². The summed E-state index contributed by atoms with van der Waals surface area (Å²) in [6.07, 6.45) is -1.17. The first-order chi connectivity index (χ1) is 12.6. The molecule has 27 heavy (non-hydrogen) atoms. The van der Waals surface area contributed by atoms with E-state index in [9.17, 15) is 14.0 Å². The van der Waals surface area contributed by atoms with Crippen molar-refractivity contribution in [1.82, 2.24) is 9.78 Å². The number of amides is 1. The molecule has 0 unspecified atom stereocenters. The van der Waals surface area contributed by atoms with Crippen LogP contribution in [-0.4, -0.2) is 27.8 Å². The number of ether oxygens (including phenoxy) is 1. The number of carbonyl (C=O) groups is 2. The fourth-order valence-electron chi connectivity index (χ4n) is 2.35. The zero-order chi connectivity index (χ0) is 20.3. The molecular weight excluding hydrogens is 396 g/mol. The summed E-state index contributed by atoms with van der Waals surface area (Å²) in [4.78, 5) is 24.6. The molecule has 2 rings (SSSR count). The fraction of sp³-hybridized carbons (Fsp3) is 0.389. The third-order valence-corrected chi connectivity index (χ3v) is 4.27. The number of aromatic nitrogens is 2. The largest absolute Gasteiger partial charge is 0.449 e. The Kier molecular flexibility index (Phi) is 6.84. The molecule has 1 heterocycles. The first-order valence-corrected chi connectivity index (χ1v) is 9.05. The minimum absolute atomic E-state index is 0.0636. The number of aryl methyl sites for hydroxylation is 1. The van der Waals surface area contributed by atoms with E-state index in [1.165, 1.54) is 23.7 Å². The van der Waals surface area contributed by atoms with Crippen molar-refractivity contribution in [1.29, 1.82) is 0 Å². The molecule has 0 saturated heterocycles. The highest BCUT2D eigenvalue weighted by Gasteiger charge is 2.26. The van der Waals surface area contributed by atoms with E-state index in [1.807, 2.05) is 13.8 Å². The number of esters is 1. The van der Waals surface area contributed by atoms with Gasteiger partial charge in [0.2, 0.25) is 0 Å². The Morgan fingerprint density at radius 3 is 2.56 bits per heavy atom. The third-order valence-electron chi connectivity index (χ3n) is 3.65. The van der Waals surface area contributed by atoms with Crippen molar-refractivity contribution < 1.29 is 18.7 Å². The number of hydrogen-bond acceptors (Lipinski definition) is 4. The molecule has 0 aliphatic carbocycles. The van der Waals surface area contributed by atoms with Gasteiger partial charge in [0.15, 0.2) is 6.10 Å². The van der Waals surface area contributed by atoms with E-state index in [0.717, 1.165) is 6.07 Å². The van der Waals surface area contributed by atoms with Crippen LogP contribution in [0.4, 0.5) is 10.1 Å². The summed E-state index contributed by atoms with van der Waals surface area (Å²) in [6, 6.07) is 3.82. The van der Waals surface area contributed by atoms with E-state index in [4.69, 9.17) is 27.9 Å². The van der Waals surface area contributed by atoms with Gasteiger partial charge in [-0.25, -0.2) is 9.18 Å². The number of halogens is 3. The third kappa shape index (κ3) is 5.20. The zero-order valence-corrected chi connectivity index (χ0v) is 16.9. The molecule has 0 bridgehead atoms. The van der Waals surface area contributed by atoms with Gasteiger partial charge in [-0.05, 0) is 38.0 Å². The second-order valence-corrected chi connectivity index (χ2v) is 7.28. The van der Waals surface area contributed by atoms with Gasteiger partial charge in [0.25, 0.3) is 5.91 Å². The van der Waals surface area contributed by atoms with Crippen LogP contribution in [0.3, 0.4) is 0 Å². The predicted octanol–water partition coefficient (Wildman–Crippen LogP) is 4.48. The van der Waals surface area contributed by atoms with Gasteiger partial charge in [0.1, 0.15) is 16.5 Å². The molecule has 0 aliphatic rings. The van der Waals surface area contributed by atoms with Gasteiger partial charge in [0.05, 0.1) is 11.4 Å². The maximum atomic E-state index is 13.8. The maximum Gasteiger partial charge on any atom is 0.343 e. The summed E-state index contributed by atoms with van der Waals surface area (Å²) < 4.78 is 20.5. The van der Waals surface area contributed by atoms with Crippen LogP contribution in [0, 0.1) is 18.7 Å². The molecule has 0 saturated carbocycles. The predicted molar refractivity (Wildman–Crippen MR) is 102 cm³/mol. The monoisotopic (exact) mass is 415 g/mol. The average Bonchev–Trinajstić information content (AvgIpc) is 2.83. The molecule has 1 aromatic heterocycles. The first kappa shape index (κ1) is 21.2. The van der Waals surface area contributed by atoms with Crippen molar-refractivity contribution in [2.24, 2.45) is 5.92 Å². The second-order valence-electron chi connectivity index (χ2n) is 6.49. The highest BCUT2D eigenvalue weighted by molar-refractivity contribution is 6.32. The lowest BCUT2D eigenvalue weighted by molar-refractivity contribution is -0.123. The molecule has 0 fully saturated rings. The maximum absolute atomic E-state index is 13.8. The van der Waals surface area contributed by atoms with Gasteiger partial charge in [0, 0.05) is 11.6 Å². The van der Waals surface area contributed by atoms with Gasteiger partial charge in [-0.1, -0.05) is 37.0 Å². The summed E-state index contributed by atoms with van der Waals surface area (Å²) in [5, 5.41) is 6.94. The first-order valence-electron chi connectivity index (χ1n) is 8.30. The highest BCUT2D eigenvalue weighted by atomic mass is 35.5. The summed E-state index contributed by atoms with van der Waals surface area (Å²) in [7, 11) is 0. The lowest BCUT2D eigenvalue weighted by atomic mass is 10.2. The van der Waals surface area contributed by atoms with Crippen molar-refractivity contribution in [3.05, 3.63) is 45.4 Å². The molecule has 1 amide bonds. The molecule has 0 radical (unpaired) electrons. The minimum Gasteiger partial charge on any atom is -0.449 e. The smallest absolute Gasteiger partial charge is 0.343 e. The topological polar surface area (TPSA) is 73.2 Å². The van der Waals surface area contributed by atoms with E-state index in [0.29, 0.717) is 12.2 Å². The molecule has 1 aromatic carbocycles. The summed E-state index contributed by atoms with van der Waals surface area (Å²) in [6.45, 7) is 7.54. The van der Waals surface area contributed by atoms with Gasteiger partial charge in [-0.3, -0.25) is 9.48 Å². The van der Waals surface area contributed by atoms with Crippen LogP contribution in [-0.2, 0) is 16.1 Å². The Labute approximate surface area is 166 Å². The molecule has 9 heteroatoms. The lowest BCUT2D eigenvalue weighted by Gasteiger charge is -2.14. The molecule has 6 nitrogen and oxygen atoms in total. The number of anilines is 1.